The van der Waals surface area contributed by atoms with Crippen molar-refractivity contribution in [2.75, 3.05) is 18.5 Å². The summed E-state index contributed by atoms with van der Waals surface area (Å²) in [5.74, 6) is 1.24. The predicted molar refractivity (Wildman–Crippen MR) is 123 cm³/mol. The van der Waals surface area contributed by atoms with Gasteiger partial charge in [0.15, 0.2) is 0 Å². The molecule has 2 atom stereocenters. The van der Waals surface area contributed by atoms with Crippen LogP contribution in [0.3, 0.4) is 0 Å². The molecule has 1 unspecified atom stereocenters. The van der Waals surface area contributed by atoms with E-state index >= 15 is 0 Å². The highest BCUT2D eigenvalue weighted by Crippen LogP contribution is 2.47. The Hall–Kier alpha value is -3.76. The Bertz CT molecular complexity index is 1190. The number of carbonyl (C=O) groups excluding carboxylic acids is 1. The lowest BCUT2D eigenvalue weighted by molar-refractivity contribution is -0.117. The van der Waals surface area contributed by atoms with Gasteiger partial charge in [0.2, 0.25) is 5.91 Å². The summed E-state index contributed by atoms with van der Waals surface area (Å²) in [6.07, 6.45) is 7.71. The first kappa shape index (κ1) is 21.1. The third kappa shape index (κ3) is 4.86. The lowest BCUT2D eigenvalue weighted by atomic mass is 10.0. The van der Waals surface area contributed by atoms with Gasteiger partial charge in [-0.3, -0.25) is 9.78 Å². The molecule has 0 bridgehead atoms. The van der Waals surface area contributed by atoms with Crippen LogP contribution in [0.15, 0.2) is 61.1 Å². The van der Waals surface area contributed by atoms with Crippen molar-refractivity contribution in [2.45, 2.75) is 31.3 Å². The summed E-state index contributed by atoms with van der Waals surface area (Å²) in [5.41, 5.74) is 3.36. The van der Waals surface area contributed by atoms with E-state index in [-0.39, 0.29) is 23.8 Å². The number of pyridine rings is 2. The minimum absolute atomic E-state index is 0.0283. The van der Waals surface area contributed by atoms with Gasteiger partial charge >= 0.3 is 0 Å². The van der Waals surface area contributed by atoms with E-state index in [0.717, 1.165) is 36.0 Å². The smallest absolute Gasteiger partial charge is 0.229 e. The zero-order valence-corrected chi connectivity index (χ0v) is 18.1. The third-order valence-electron chi connectivity index (χ3n) is 6.17. The number of hydrogen-bond donors (Lipinski definition) is 1. The van der Waals surface area contributed by atoms with Crippen LogP contribution >= 0.6 is 0 Å². The van der Waals surface area contributed by atoms with Crippen LogP contribution in [0.1, 0.15) is 36.3 Å². The largest absolute Gasteiger partial charge is 0.489 e. The second-order valence-electron chi connectivity index (χ2n) is 8.40. The van der Waals surface area contributed by atoms with Crippen molar-refractivity contribution in [3.8, 4) is 22.9 Å². The van der Waals surface area contributed by atoms with Crippen LogP contribution in [0.4, 0.5) is 5.82 Å². The van der Waals surface area contributed by atoms with Crippen LogP contribution in [0, 0.1) is 17.2 Å². The Morgan fingerprint density at radius 1 is 1.06 bits per heavy atom. The number of benzene rings is 1. The van der Waals surface area contributed by atoms with Crippen molar-refractivity contribution < 1.29 is 14.3 Å². The number of anilines is 1. The molecule has 1 amide bonds. The molecule has 5 rings (SSSR count). The third-order valence-corrected chi connectivity index (χ3v) is 6.17. The molecule has 2 aliphatic rings. The summed E-state index contributed by atoms with van der Waals surface area (Å²) in [4.78, 5) is 21.0. The molecule has 2 fully saturated rings. The predicted octanol–water partition coefficient (Wildman–Crippen LogP) is 4.32. The van der Waals surface area contributed by atoms with Crippen molar-refractivity contribution in [1.29, 1.82) is 5.26 Å². The highest BCUT2D eigenvalue weighted by atomic mass is 16.5. The molecule has 1 saturated carbocycles. The van der Waals surface area contributed by atoms with Crippen LogP contribution < -0.4 is 10.1 Å². The van der Waals surface area contributed by atoms with Crippen LogP contribution in [-0.4, -0.2) is 35.2 Å². The molecule has 1 saturated heterocycles. The van der Waals surface area contributed by atoms with E-state index in [0.29, 0.717) is 30.3 Å². The Kier molecular flexibility index (Phi) is 6.01. The molecule has 0 spiro atoms. The number of ether oxygens (including phenoxy) is 2. The molecule has 7 nitrogen and oxygen atoms in total. The lowest BCUT2D eigenvalue weighted by Gasteiger charge is -2.23. The van der Waals surface area contributed by atoms with E-state index in [1.807, 2.05) is 42.5 Å². The molecule has 166 valence electrons. The van der Waals surface area contributed by atoms with Gasteiger partial charge in [-0.05, 0) is 65.4 Å². The van der Waals surface area contributed by atoms with Gasteiger partial charge < -0.3 is 14.8 Å². The second kappa shape index (κ2) is 9.39. The van der Waals surface area contributed by atoms with Crippen molar-refractivity contribution in [2.24, 2.45) is 5.92 Å². The molecule has 2 aromatic heterocycles. The fraction of sp³-hybridized carbons (Fsp3) is 0.308. The molecular weight excluding hydrogens is 416 g/mol. The average molecular weight is 441 g/mol. The second-order valence-corrected chi connectivity index (χ2v) is 8.40. The Labute approximate surface area is 192 Å². The molecule has 1 aliphatic heterocycles. The van der Waals surface area contributed by atoms with E-state index in [1.54, 1.807) is 18.6 Å². The molecule has 1 aromatic carbocycles. The van der Waals surface area contributed by atoms with Gasteiger partial charge in [0.25, 0.3) is 0 Å². The lowest BCUT2D eigenvalue weighted by Crippen LogP contribution is -2.26. The highest BCUT2D eigenvalue weighted by Gasteiger charge is 2.44. The Morgan fingerprint density at radius 2 is 1.85 bits per heavy atom. The molecule has 1 N–H and O–H groups in total. The number of carbonyl (C=O) groups is 1. The van der Waals surface area contributed by atoms with Crippen LogP contribution in [-0.2, 0) is 9.53 Å². The molecule has 3 heterocycles. The van der Waals surface area contributed by atoms with Gasteiger partial charge in [-0.2, -0.15) is 5.26 Å². The maximum Gasteiger partial charge on any atom is 0.229 e. The first-order valence-electron chi connectivity index (χ1n) is 11.2. The van der Waals surface area contributed by atoms with Crippen LogP contribution in [0.5, 0.6) is 5.75 Å². The first-order valence-corrected chi connectivity index (χ1v) is 11.2. The number of aromatic nitrogens is 2. The number of amides is 1. The van der Waals surface area contributed by atoms with Gasteiger partial charge in [-0.1, -0.05) is 6.07 Å². The van der Waals surface area contributed by atoms with Gasteiger partial charge in [0.1, 0.15) is 23.7 Å². The summed E-state index contributed by atoms with van der Waals surface area (Å²) in [7, 11) is 0. The normalized spacial score (nSPS) is 20.0. The van der Waals surface area contributed by atoms with E-state index in [2.05, 4.69) is 21.4 Å². The van der Waals surface area contributed by atoms with E-state index < -0.39 is 0 Å². The van der Waals surface area contributed by atoms with E-state index in [1.165, 1.54) is 0 Å². The SMILES string of the molecule is N#Cc1cc(-c2ccnc(NC(=O)C3C[C@H]3c3ccncc3)c2)ccc1OC1CCOCC1. The number of nitriles is 1. The maximum atomic E-state index is 12.7. The van der Waals surface area contributed by atoms with E-state index in [4.69, 9.17) is 9.47 Å². The van der Waals surface area contributed by atoms with Crippen LogP contribution in [0.2, 0.25) is 0 Å². The van der Waals surface area contributed by atoms with Gasteiger partial charge in [0, 0.05) is 37.4 Å². The summed E-state index contributed by atoms with van der Waals surface area (Å²) in [5, 5.41) is 12.6. The van der Waals surface area contributed by atoms with Gasteiger partial charge in [0.05, 0.1) is 18.8 Å². The summed E-state index contributed by atoms with van der Waals surface area (Å²) < 4.78 is 11.4. The fourth-order valence-corrected chi connectivity index (χ4v) is 4.23. The molecule has 1 aliphatic carbocycles. The molecule has 3 aromatic rings. The molecular formula is C26H24N4O3. The summed E-state index contributed by atoms with van der Waals surface area (Å²) in [6.45, 7) is 1.36. The quantitative estimate of drug-likeness (QED) is 0.613. The number of nitrogens with one attached hydrogen (secondary N) is 1. The Morgan fingerprint density at radius 3 is 2.64 bits per heavy atom. The maximum absolute atomic E-state index is 12.7. The minimum Gasteiger partial charge on any atom is -0.489 e. The monoisotopic (exact) mass is 440 g/mol. The van der Waals surface area contributed by atoms with Crippen molar-refractivity contribution in [3.63, 3.8) is 0 Å². The number of hydrogen-bond acceptors (Lipinski definition) is 6. The zero-order chi connectivity index (χ0) is 22.6. The standard InChI is InChI=1S/C26H24N4O3/c27-16-20-13-18(1-2-24(20)33-21-6-11-32-12-7-21)19-5-10-29-25(14-19)30-26(31)23-15-22(23)17-3-8-28-9-4-17/h1-5,8-10,13-14,21-23H,6-7,11-12,15H2,(H,29,30,31)/t22-,23?/m0/s1. The van der Waals surface area contributed by atoms with Crippen LogP contribution in [0.25, 0.3) is 11.1 Å². The number of rotatable bonds is 6. The minimum atomic E-state index is -0.0512. The highest BCUT2D eigenvalue weighted by molar-refractivity contribution is 5.95. The summed E-state index contributed by atoms with van der Waals surface area (Å²) >= 11 is 0. The Balaban J connectivity index is 1.28. The van der Waals surface area contributed by atoms with Gasteiger partial charge in [-0.15, -0.1) is 0 Å². The number of nitrogens with zero attached hydrogens (tertiary/aromatic N) is 3. The van der Waals surface area contributed by atoms with Crippen molar-refractivity contribution in [3.05, 3.63) is 72.2 Å². The molecule has 33 heavy (non-hydrogen) atoms. The van der Waals surface area contributed by atoms with Gasteiger partial charge in [-0.25, -0.2) is 4.98 Å². The van der Waals surface area contributed by atoms with Crippen molar-refractivity contribution >= 4 is 11.7 Å². The van der Waals surface area contributed by atoms with E-state index in [9.17, 15) is 10.1 Å². The molecule has 0 radical (unpaired) electrons. The average Bonchev–Trinajstić information content (AvgIpc) is 3.67. The molecule has 7 heteroatoms. The fourth-order valence-electron chi connectivity index (χ4n) is 4.23. The topological polar surface area (TPSA) is 97.1 Å². The zero-order valence-electron chi connectivity index (χ0n) is 18.1. The first-order chi connectivity index (χ1) is 16.2. The summed E-state index contributed by atoms with van der Waals surface area (Å²) in [6, 6.07) is 15.4. The van der Waals surface area contributed by atoms with Crippen molar-refractivity contribution in [1.82, 2.24) is 9.97 Å².